The molecule has 108 valence electrons. The number of fused-ring (bicyclic) bond motifs is 1. The number of benzene rings is 1. The summed E-state index contributed by atoms with van der Waals surface area (Å²) in [5, 5.41) is 6.09. The van der Waals surface area contributed by atoms with Crippen molar-refractivity contribution in [3.05, 3.63) is 48.2 Å². The van der Waals surface area contributed by atoms with Crippen molar-refractivity contribution in [2.45, 2.75) is 13.0 Å². The highest BCUT2D eigenvalue weighted by Gasteiger charge is 2.11. The van der Waals surface area contributed by atoms with Crippen molar-refractivity contribution in [3.63, 3.8) is 0 Å². The summed E-state index contributed by atoms with van der Waals surface area (Å²) in [5.41, 5.74) is 1.57. The molecule has 1 unspecified atom stereocenters. The van der Waals surface area contributed by atoms with Gasteiger partial charge in [0.25, 0.3) is 0 Å². The Morgan fingerprint density at radius 3 is 2.71 bits per heavy atom. The summed E-state index contributed by atoms with van der Waals surface area (Å²) in [6.45, 7) is 1.62. The summed E-state index contributed by atoms with van der Waals surface area (Å²) in [7, 11) is 1.53. The van der Waals surface area contributed by atoms with Gasteiger partial charge in [0.05, 0.1) is 11.2 Å². The fourth-order valence-corrected chi connectivity index (χ4v) is 1.88. The van der Waals surface area contributed by atoms with E-state index in [0.717, 1.165) is 10.9 Å². The number of nitrogens with one attached hydrogen (secondary N) is 2. The van der Waals surface area contributed by atoms with E-state index in [1.807, 2.05) is 36.4 Å². The summed E-state index contributed by atoms with van der Waals surface area (Å²) in [4.78, 5) is 27.4. The Labute approximate surface area is 123 Å². The van der Waals surface area contributed by atoms with Gasteiger partial charge in [-0.1, -0.05) is 24.3 Å². The average Bonchev–Trinajstić information content (AvgIpc) is 2.51. The van der Waals surface area contributed by atoms with E-state index in [9.17, 15) is 9.59 Å². The van der Waals surface area contributed by atoms with Crippen LogP contribution >= 0.6 is 0 Å². The Morgan fingerprint density at radius 2 is 1.95 bits per heavy atom. The number of likely N-dealkylation sites (N-methyl/N-ethyl adjacent to an activating group) is 1. The maximum Gasteiger partial charge on any atom is 0.244 e. The number of hydrogen-bond donors (Lipinski definition) is 2. The smallest absolute Gasteiger partial charge is 0.244 e. The monoisotopic (exact) mass is 283 g/mol. The van der Waals surface area contributed by atoms with E-state index in [0.29, 0.717) is 5.69 Å². The predicted molar refractivity (Wildman–Crippen MR) is 82.4 cm³/mol. The maximum absolute atomic E-state index is 11.7. The molecule has 0 bridgehead atoms. The normalized spacial score (nSPS) is 12.3. The standard InChI is InChI=1S/C16H17N3O2/c1-11(16(21)17-2)18-15(20)10-9-13-8-7-12-5-3-4-6-14(12)19-13/h3-11H,1-2H3,(H,17,21)(H,18,20)/b10-9+. The molecular weight excluding hydrogens is 266 g/mol. The van der Waals surface area contributed by atoms with Crippen LogP contribution in [0.1, 0.15) is 12.6 Å². The van der Waals surface area contributed by atoms with Crippen LogP contribution < -0.4 is 10.6 Å². The van der Waals surface area contributed by atoms with Gasteiger partial charge in [-0.2, -0.15) is 0 Å². The number of hydrogen-bond acceptors (Lipinski definition) is 3. The Morgan fingerprint density at radius 1 is 1.19 bits per heavy atom. The Hall–Kier alpha value is -2.69. The topological polar surface area (TPSA) is 71.1 Å². The number of pyridine rings is 1. The third-order valence-electron chi connectivity index (χ3n) is 3.02. The lowest BCUT2D eigenvalue weighted by molar-refractivity contribution is -0.126. The second kappa shape index (κ2) is 6.65. The maximum atomic E-state index is 11.7. The summed E-state index contributed by atoms with van der Waals surface area (Å²) >= 11 is 0. The van der Waals surface area contributed by atoms with Crippen LogP contribution in [-0.2, 0) is 9.59 Å². The van der Waals surface area contributed by atoms with Crippen LogP contribution in [0.15, 0.2) is 42.5 Å². The van der Waals surface area contributed by atoms with Crippen molar-refractivity contribution < 1.29 is 9.59 Å². The Kier molecular flexibility index (Phi) is 4.66. The zero-order valence-corrected chi connectivity index (χ0v) is 12.0. The third kappa shape index (κ3) is 3.89. The van der Waals surface area contributed by atoms with Gasteiger partial charge >= 0.3 is 0 Å². The van der Waals surface area contributed by atoms with Crippen molar-refractivity contribution in [2.75, 3.05) is 7.05 Å². The quantitative estimate of drug-likeness (QED) is 0.835. The summed E-state index contributed by atoms with van der Waals surface area (Å²) in [6.07, 6.45) is 2.99. The molecule has 21 heavy (non-hydrogen) atoms. The zero-order chi connectivity index (χ0) is 15.2. The van der Waals surface area contributed by atoms with Gasteiger partial charge in [0.1, 0.15) is 6.04 Å². The molecule has 0 saturated heterocycles. The first-order chi connectivity index (χ1) is 10.1. The fraction of sp³-hybridized carbons (Fsp3) is 0.188. The van der Waals surface area contributed by atoms with Crippen LogP contribution in [-0.4, -0.2) is 29.9 Å². The number of rotatable bonds is 4. The fourth-order valence-electron chi connectivity index (χ4n) is 1.88. The van der Waals surface area contributed by atoms with Gasteiger partial charge < -0.3 is 10.6 Å². The van der Waals surface area contributed by atoms with E-state index in [2.05, 4.69) is 15.6 Å². The van der Waals surface area contributed by atoms with E-state index in [1.54, 1.807) is 13.0 Å². The SMILES string of the molecule is CNC(=O)C(C)NC(=O)/C=C/c1ccc2ccccc2n1. The molecule has 0 aliphatic heterocycles. The lowest BCUT2D eigenvalue weighted by Gasteiger charge is -2.09. The van der Waals surface area contributed by atoms with Gasteiger partial charge in [-0.25, -0.2) is 4.98 Å². The Balaban J connectivity index is 2.05. The van der Waals surface area contributed by atoms with Crippen LogP contribution in [0.3, 0.4) is 0 Å². The van der Waals surface area contributed by atoms with E-state index >= 15 is 0 Å². The van der Waals surface area contributed by atoms with Crippen molar-refractivity contribution in [1.29, 1.82) is 0 Å². The highest BCUT2D eigenvalue weighted by Crippen LogP contribution is 2.12. The highest BCUT2D eigenvalue weighted by molar-refractivity contribution is 5.95. The second-order valence-corrected chi connectivity index (χ2v) is 4.61. The minimum atomic E-state index is -0.572. The molecule has 0 fully saturated rings. The molecule has 2 rings (SSSR count). The van der Waals surface area contributed by atoms with Gasteiger partial charge in [-0.05, 0) is 25.1 Å². The number of carbonyl (C=O) groups is 2. The third-order valence-corrected chi connectivity index (χ3v) is 3.02. The number of carbonyl (C=O) groups excluding carboxylic acids is 2. The van der Waals surface area contributed by atoms with E-state index in [4.69, 9.17) is 0 Å². The van der Waals surface area contributed by atoms with Crippen molar-refractivity contribution in [2.24, 2.45) is 0 Å². The number of para-hydroxylation sites is 1. The molecule has 0 spiro atoms. The molecule has 1 aromatic carbocycles. The van der Waals surface area contributed by atoms with E-state index < -0.39 is 6.04 Å². The first-order valence-electron chi connectivity index (χ1n) is 6.66. The van der Waals surface area contributed by atoms with Crippen LogP contribution in [0.25, 0.3) is 17.0 Å². The summed E-state index contributed by atoms with van der Waals surface area (Å²) in [5.74, 6) is -0.568. The first-order valence-corrected chi connectivity index (χ1v) is 6.66. The molecular formula is C16H17N3O2. The average molecular weight is 283 g/mol. The minimum absolute atomic E-state index is 0.236. The van der Waals surface area contributed by atoms with E-state index in [1.165, 1.54) is 13.1 Å². The molecule has 0 aliphatic rings. The lowest BCUT2D eigenvalue weighted by atomic mass is 10.2. The van der Waals surface area contributed by atoms with Crippen molar-refractivity contribution in [3.8, 4) is 0 Å². The van der Waals surface area contributed by atoms with Gasteiger partial charge in [0.2, 0.25) is 11.8 Å². The molecule has 1 atom stereocenters. The molecule has 5 nitrogen and oxygen atoms in total. The predicted octanol–water partition coefficient (Wildman–Crippen LogP) is 1.50. The molecule has 0 radical (unpaired) electrons. The largest absolute Gasteiger partial charge is 0.357 e. The number of amides is 2. The van der Waals surface area contributed by atoms with Crippen LogP contribution in [0, 0.1) is 0 Å². The molecule has 2 amide bonds. The van der Waals surface area contributed by atoms with Gasteiger partial charge in [0, 0.05) is 18.5 Å². The molecule has 1 aromatic heterocycles. The molecule has 5 heteroatoms. The van der Waals surface area contributed by atoms with Gasteiger partial charge in [0.15, 0.2) is 0 Å². The van der Waals surface area contributed by atoms with Crippen molar-refractivity contribution in [1.82, 2.24) is 15.6 Å². The van der Waals surface area contributed by atoms with Gasteiger partial charge in [-0.15, -0.1) is 0 Å². The lowest BCUT2D eigenvalue weighted by Crippen LogP contribution is -2.42. The minimum Gasteiger partial charge on any atom is -0.357 e. The summed E-state index contributed by atoms with van der Waals surface area (Å²) < 4.78 is 0. The van der Waals surface area contributed by atoms with E-state index in [-0.39, 0.29) is 11.8 Å². The molecule has 2 N–H and O–H groups in total. The van der Waals surface area contributed by atoms with Crippen LogP contribution in [0.4, 0.5) is 0 Å². The molecule has 1 heterocycles. The van der Waals surface area contributed by atoms with Crippen molar-refractivity contribution >= 4 is 28.8 Å². The highest BCUT2D eigenvalue weighted by atomic mass is 16.2. The first kappa shape index (κ1) is 14.7. The molecule has 0 saturated carbocycles. The Bertz CT molecular complexity index is 695. The summed E-state index contributed by atoms with van der Waals surface area (Å²) in [6, 6.07) is 11.0. The zero-order valence-electron chi connectivity index (χ0n) is 12.0. The number of aromatic nitrogens is 1. The molecule has 2 aromatic rings. The van der Waals surface area contributed by atoms with Crippen LogP contribution in [0.5, 0.6) is 0 Å². The van der Waals surface area contributed by atoms with Gasteiger partial charge in [-0.3, -0.25) is 9.59 Å². The van der Waals surface area contributed by atoms with Crippen LogP contribution in [0.2, 0.25) is 0 Å². The molecule has 0 aliphatic carbocycles. The second-order valence-electron chi connectivity index (χ2n) is 4.61. The number of nitrogens with zero attached hydrogens (tertiary/aromatic N) is 1.